The van der Waals surface area contributed by atoms with Crippen molar-refractivity contribution in [1.82, 2.24) is 4.98 Å². The molecule has 2 rings (SSSR count). The summed E-state index contributed by atoms with van der Waals surface area (Å²) in [6.45, 7) is 2.45. The summed E-state index contributed by atoms with van der Waals surface area (Å²) in [7, 11) is 0. The first kappa shape index (κ1) is 13.9. The molecule has 0 spiro atoms. The number of hydrogen-bond donors (Lipinski definition) is 1. The Labute approximate surface area is 113 Å². The van der Waals surface area contributed by atoms with Gasteiger partial charge in [-0.3, -0.25) is 0 Å². The van der Waals surface area contributed by atoms with Crippen LogP contribution < -0.4 is 5.32 Å². The summed E-state index contributed by atoms with van der Waals surface area (Å²) in [5.74, 6) is 0. The fraction of sp³-hybridized carbons (Fsp3) is 0.308. The lowest BCUT2D eigenvalue weighted by atomic mass is 10.2. The Morgan fingerprint density at radius 3 is 2.74 bits per heavy atom. The number of nitrogens with zero attached hydrogens (tertiary/aromatic N) is 1. The predicted molar refractivity (Wildman–Crippen MR) is 70.3 cm³/mol. The third kappa shape index (κ3) is 3.70. The SMILES string of the molecule is CCc1nc(CNc2cccc(C(F)(F)F)c2)cs1. The predicted octanol–water partition coefficient (Wildman–Crippen LogP) is 4.34. The first-order valence-corrected chi connectivity index (χ1v) is 6.71. The second kappa shape index (κ2) is 5.61. The Balaban J connectivity index is 2.03. The van der Waals surface area contributed by atoms with E-state index < -0.39 is 11.7 Å². The minimum Gasteiger partial charge on any atom is -0.379 e. The molecule has 1 aromatic carbocycles. The third-order valence-electron chi connectivity index (χ3n) is 2.57. The number of aryl methyl sites for hydroxylation is 1. The highest BCUT2D eigenvalue weighted by Gasteiger charge is 2.30. The lowest BCUT2D eigenvalue weighted by Gasteiger charge is -2.09. The van der Waals surface area contributed by atoms with E-state index in [9.17, 15) is 13.2 Å². The molecule has 0 aliphatic heterocycles. The quantitative estimate of drug-likeness (QED) is 0.904. The molecule has 0 saturated heterocycles. The fourth-order valence-corrected chi connectivity index (χ4v) is 2.34. The molecule has 1 heterocycles. The summed E-state index contributed by atoms with van der Waals surface area (Å²) < 4.78 is 37.6. The van der Waals surface area contributed by atoms with Crippen LogP contribution in [0.4, 0.5) is 18.9 Å². The highest BCUT2D eigenvalue weighted by Crippen LogP contribution is 2.30. The largest absolute Gasteiger partial charge is 0.416 e. The van der Waals surface area contributed by atoms with Crippen molar-refractivity contribution in [3.05, 3.63) is 45.9 Å². The number of anilines is 1. The highest BCUT2D eigenvalue weighted by molar-refractivity contribution is 7.09. The molecule has 0 fully saturated rings. The standard InChI is InChI=1S/C13H13F3N2S/c1-2-12-18-11(8-19-12)7-17-10-5-3-4-9(6-10)13(14,15)16/h3-6,8,17H,2,7H2,1H3. The minimum absolute atomic E-state index is 0.428. The van der Waals surface area contributed by atoms with Gasteiger partial charge in [-0.2, -0.15) is 13.2 Å². The van der Waals surface area contributed by atoms with Crippen molar-refractivity contribution >= 4 is 17.0 Å². The highest BCUT2D eigenvalue weighted by atomic mass is 32.1. The van der Waals surface area contributed by atoms with Crippen molar-refractivity contribution < 1.29 is 13.2 Å². The maximum Gasteiger partial charge on any atom is 0.416 e. The van der Waals surface area contributed by atoms with E-state index in [-0.39, 0.29) is 0 Å². The number of rotatable bonds is 4. The molecule has 0 aliphatic carbocycles. The van der Waals surface area contributed by atoms with Gasteiger partial charge in [0.15, 0.2) is 0 Å². The van der Waals surface area contributed by atoms with E-state index in [0.717, 1.165) is 29.3 Å². The molecule has 1 N–H and O–H groups in total. The van der Waals surface area contributed by atoms with Gasteiger partial charge in [0.25, 0.3) is 0 Å². The van der Waals surface area contributed by atoms with Gasteiger partial charge in [-0.15, -0.1) is 11.3 Å². The van der Waals surface area contributed by atoms with Gasteiger partial charge in [0.2, 0.25) is 0 Å². The monoisotopic (exact) mass is 286 g/mol. The summed E-state index contributed by atoms with van der Waals surface area (Å²) in [4.78, 5) is 4.35. The van der Waals surface area contributed by atoms with E-state index in [1.807, 2.05) is 12.3 Å². The molecule has 0 radical (unpaired) electrons. The summed E-state index contributed by atoms with van der Waals surface area (Å²) in [6.07, 6.45) is -3.44. The van der Waals surface area contributed by atoms with Crippen LogP contribution in [0.3, 0.4) is 0 Å². The van der Waals surface area contributed by atoms with E-state index in [4.69, 9.17) is 0 Å². The molecule has 0 bridgehead atoms. The van der Waals surface area contributed by atoms with Crippen LogP contribution in [0.2, 0.25) is 0 Å². The Morgan fingerprint density at radius 2 is 2.11 bits per heavy atom. The van der Waals surface area contributed by atoms with Gasteiger partial charge in [0.1, 0.15) is 0 Å². The van der Waals surface area contributed by atoms with Crippen LogP contribution in [0, 0.1) is 0 Å². The lowest BCUT2D eigenvalue weighted by Crippen LogP contribution is -2.06. The zero-order valence-corrected chi connectivity index (χ0v) is 11.1. The normalized spacial score (nSPS) is 11.6. The molecule has 0 amide bonds. The van der Waals surface area contributed by atoms with Crippen LogP contribution in [0.1, 0.15) is 23.2 Å². The molecule has 19 heavy (non-hydrogen) atoms. The van der Waals surface area contributed by atoms with Gasteiger partial charge in [-0.05, 0) is 24.6 Å². The second-order valence-corrected chi connectivity index (χ2v) is 4.96. The van der Waals surface area contributed by atoms with Gasteiger partial charge in [-0.25, -0.2) is 4.98 Å². The first-order valence-electron chi connectivity index (χ1n) is 5.83. The molecule has 2 aromatic rings. The molecule has 2 nitrogen and oxygen atoms in total. The molecule has 102 valence electrons. The van der Waals surface area contributed by atoms with Gasteiger partial charge < -0.3 is 5.32 Å². The van der Waals surface area contributed by atoms with Crippen LogP contribution in [-0.4, -0.2) is 4.98 Å². The molecule has 0 saturated carbocycles. The Hall–Kier alpha value is -1.56. The van der Waals surface area contributed by atoms with Crippen LogP contribution in [0.5, 0.6) is 0 Å². The van der Waals surface area contributed by atoms with E-state index in [0.29, 0.717) is 12.2 Å². The fourth-order valence-electron chi connectivity index (χ4n) is 1.59. The minimum atomic E-state index is -4.31. The summed E-state index contributed by atoms with van der Waals surface area (Å²) >= 11 is 1.56. The van der Waals surface area contributed by atoms with Gasteiger partial charge in [0, 0.05) is 11.1 Å². The van der Waals surface area contributed by atoms with Crippen LogP contribution in [0.15, 0.2) is 29.6 Å². The average molecular weight is 286 g/mol. The first-order chi connectivity index (χ1) is 8.99. The molecular formula is C13H13F3N2S. The zero-order valence-electron chi connectivity index (χ0n) is 10.3. The van der Waals surface area contributed by atoms with Crippen molar-refractivity contribution in [3.8, 4) is 0 Å². The zero-order chi connectivity index (χ0) is 13.9. The van der Waals surface area contributed by atoms with E-state index in [2.05, 4.69) is 10.3 Å². The number of aromatic nitrogens is 1. The maximum absolute atomic E-state index is 12.5. The number of hydrogen-bond acceptors (Lipinski definition) is 3. The van der Waals surface area contributed by atoms with Crippen molar-refractivity contribution in [1.29, 1.82) is 0 Å². The van der Waals surface area contributed by atoms with E-state index in [1.54, 1.807) is 17.4 Å². The third-order valence-corrected chi connectivity index (χ3v) is 3.61. The smallest absolute Gasteiger partial charge is 0.379 e. The van der Waals surface area contributed by atoms with Crippen molar-refractivity contribution in [2.45, 2.75) is 26.1 Å². The Morgan fingerprint density at radius 1 is 1.32 bits per heavy atom. The number of benzene rings is 1. The Kier molecular flexibility index (Phi) is 4.09. The molecular weight excluding hydrogens is 273 g/mol. The maximum atomic E-state index is 12.5. The number of halogens is 3. The van der Waals surface area contributed by atoms with Gasteiger partial charge in [0.05, 0.1) is 22.8 Å². The molecule has 1 aromatic heterocycles. The van der Waals surface area contributed by atoms with Crippen LogP contribution in [0.25, 0.3) is 0 Å². The molecule has 0 atom stereocenters. The van der Waals surface area contributed by atoms with E-state index >= 15 is 0 Å². The summed E-state index contributed by atoms with van der Waals surface area (Å²) in [6, 6.07) is 5.17. The van der Waals surface area contributed by atoms with Gasteiger partial charge in [-0.1, -0.05) is 13.0 Å². The number of nitrogens with one attached hydrogen (secondary N) is 1. The summed E-state index contributed by atoms with van der Waals surface area (Å²) in [5, 5.41) is 5.90. The van der Waals surface area contributed by atoms with Crippen molar-refractivity contribution in [2.75, 3.05) is 5.32 Å². The van der Waals surface area contributed by atoms with Crippen LogP contribution >= 0.6 is 11.3 Å². The second-order valence-electron chi connectivity index (χ2n) is 4.02. The molecule has 0 aliphatic rings. The van der Waals surface area contributed by atoms with Gasteiger partial charge >= 0.3 is 6.18 Å². The molecule has 0 unspecified atom stereocenters. The summed E-state index contributed by atoms with van der Waals surface area (Å²) in [5.41, 5.74) is 0.644. The Bertz CT molecular complexity index is 549. The topological polar surface area (TPSA) is 24.9 Å². The number of alkyl halides is 3. The average Bonchev–Trinajstić information content (AvgIpc) is 2.84. The number of thiazole rings is 1. The van der Waals surface area contributed by atoms with Crippen molar-refractivity contribution in [2.24, 2.45) is 0 Å². The lowest BCUT2D eigenvalue weighted by molar-refractivity contribution is -0.137. The van der Waals surface area contributed by atoms with Crippen molar-refractivity contribution in [3.63, 3.8) is 0 Å². The molecule has 6 heteroatoms. The van der Waals surface area contributed by atoms with E-state index in [1.165, 1.54) is 6.07 Å². The van der Waals surface area contributed by atoms with Crippen LogP contribution in [-0.2, 0) is 19.1 Å².